The van der Waals surface area contributed by atoms with Crippen molar-refractivity contribution in [2.45, 2.75) is 66.5 Å². The SMILES string of the molecule is CCCC(CC)Nc1c(C)nn(CC)c1C. The highest BCUT2D eigenvalue weighted by atomic mass is 15.3. The average molecular weight is 223 g/mol. The standard InChI is InChI=1S/C13H25N3/c1-6-9-12(7-2)14-13-10(4)15-16(8-3)11(13)5/h12,14H,6-9H2,1-5H3. The molecule has 0 radical (unpaired) electrons. The van der Waals surface area contributed by atoms with Gasteiger partial charge < -0.3 is 5.32 Å². The Morgan fingerprint density at radius 2 is 1.94 bits per heavy atom. The Balaban J connectivity index is 2.82. The molecule has 0 aliphatic rings. The van der Waals surface area contributed by atoms with Crippen molar-refractivity contribution in [1.82, 2.24) is 9.78 Å². The van der Waals surface area contributed by atoms with Crippen LogP contribution in [0, 0.1) is 13.8 Å². The third-order valence-corrected chi connectivity index (χ3v) is 3.16. The highest BCUT2D eigenvalue weighted by Crippen LogP contribution is 2.21. The van der Waals surface area contributed by atoms with Crippen LogP contribution in [0.5, 0.6) is 0 Å². The van der Waals surface area contributed by atoms with Crippen molar-refractivity contribution in [2.75, 3.05) is 5.32 Å². The molecule has 92 valence electrons. The summed E-state index contributed by atoms with van der Waals surface area (Å²) in [5.41, 5.74) is 3.62. The molecule has 0 amide bonds. The Morgan fingerprint density at radius 3 is 2.38 bits per heavy atom. The van der Waals surface area contributed by atoms with Gasteiger partial charge in [0.2, 0.25) is 0 Å². The molecular weight excluding hydrogens is 198 g/mol. The Bertz CT molecular complexity index is 328. The molecule has 1 heterocycles. The number of hydrogen-bond acceptors (Lipinski definition) is 2. The van der Waals surface area contributed by atoms with Crippen LogP contribution in [0.3, 0.4) is 0 Å². The molecule has 1 atom stereocenters. The van der Waals surface area contributed by atoms with Gasteiger partial charge in [0.1, 0.15) is 0 Å². The maximum Gasteiger partial charge on any atom is 0.0828 e. The van der Waals surface area contributed by atoms with E-state index in [1.807, 2.05) is 0 Å². The lowest BCUT2D eigenvalue weighted by molar-refractivity contribution is 0.619. The van der Waals surface area contributed by atoms with Gasteiger partial charge in [0.05, 0.1) is 17.1 Å². The highest BCUT2D eigenvalue weighted by molar-refractivity contribution is 5.52. The monoisotopic (exact) mass is 223 g/mol. The van der Waals surface area contributed by atoms with Crippen LogP contribution in [0.4, 0.5) is 5.69 Å². The summed E-state index contributed by atoms with van der Waals surface area (Å²) < 4.78 is 2.07. The summed E-state index contributed by atoms with van der Waals surface area (Å²) in [6.45, 7) is 11.8. The van der Waals surface area contributed by atoms with Crippen LogP contribution in [0.2, 0.25) is 0 Å². The van der Waals surface area contributed by atoms with Crippen molar-refractivity contribution in [3.05, 3.63) is 11.4 Å². The van der Waals surface area contributed by atoms with Crippen molar-refractivity contribution in [1.29, 1.82) is 0 Å². The highest BCUT2D eigenvalue weighted by Gasteiger charge is 2.13. The third kappa shape index (κ3) is 2.77. The second-order valence-electron chi connectivity index (χ2n) is 4.40. The summed E-state index contributed by atoms with van der Waals surface area (Å²) in [6, 6.07) is 0.580. The minimum absolute atomic E-state index is 0.580. The molecule has 0 aliphatic heterocycles. The lowest BCUT2D eigenvalue weighted by atomic mass is 10.1. The topological polar surface area (TPSA) is 29.9 Å². The molecule has 1 rings (SSSR count). The summed E-state index contributed by atoms with van der Waals surface area (Å²) in [5, 5.41) is 8.17. The molecule has 1 unspecified atom stereocenters. The molecule has 1 aromatic heterocycles. The second kappa shape index (κ2) is 5.92. The Morgan fingerprint density at radius 1 is 1.25 bits per heavy atom. The quantitative estimate of drug-likeness (QED) is 0.799. The zero-order chi connectivity index (χ0) is 12.1. The van der Waals surface area contributed by atoms with Crippen LogP contribution in [0.1, 0.15) is 51.4 Å². The van der Waals surface area contributed by atoms with E-state index in [1.165, 1.54) is 30.6 Å². The van der Waals surface area contributed by atoms with Gasteiger partial charge in [-0.3, -0.25) is 4.68 Å². The molecule has 0 fully saturated rings. The van der Waals surface area contributed by atoms with E-state index in [9.17, 15) is 0 Å². The number of nitrogens with zero attached hydrogens (tertiary/aromatic N) is 2. The van der Waals surface area contributed by atoms with Crippen molar-refractivity contribution >= 4 is 5.69 Å². The molecule has 3 nitrogen and oxygen atoms in total. The zero-order valence-electron chi connectivity index (χ0n) is 11.3. The van der Waals surface area contributed by atoms with Gasteiger partial charge in [0, 0.05) is 12.6 Å². The van der Waals surface area contributed by atoms with E-state index >= 15 is 0 Å². The number of hydrogen-bond donors (Lipinski definition) is 1. The van der Waals surface area contributed by atoms with E-state index in [0.717, 1.165) is 12.2 Å². The Kier molecular flexibility index (Phi) is 4.84. The van der Waals surface area contributed by atoms with Gasteiger partial charge in [-0.2, -0.15) is 5.10 Å². The first-order valence-electron chi connectivity index (χ1n) is 6.44. The first-order valence-corrected chi connectivity index (χ1v) is 6.44. The summed E-state index contributed by atoms with van der Waals surface area (Å²) in [4.78, 5) is 0. The molecule has 0 saturated carbocycles. The van der Waals surface area contributed by atoms with Gasteiger partial charge in [-0.1, -0.05) is 20.3 Å². The van der Waals surface area contributed by atoms with Crippen LogP contribution in [-0.2, 0) is 6.54 Å². The molecule has 0 saturated heterocycles. The Hall–Kier alpha value is -0.990. The van der Waals surface area contributed by atoms with Crippen molar-refractivity contribution < 1.29 is 0 Å². The smallest absolute Gasteiger partial charge is 0.0828 e. The fraction of sp³-hybridized carbons (Fsp3) is 0.769. The van der Waals surface area contributed by atoms with Gasteiger partial charge >= 0.3 is 0 Å². The minimum atomic E-state index is 0.580. The number of aromatic nitrogens is 2. The van der Waals surface area contributed by atoms with Gasteiger partial charge in [0.15, 0.2) is 0 Å². The van der Waals surface area contributed by atoms with Crippen LogP contribution in [-0.4, -0.2) is 15.8 Å². The fourth-order valence-electron chi connectivity index (χ4n) is 2.14. The van der Waals surface area contributed by atoms with Gasteiger partial charge in [-0.15, -0.1) is 0 Å². The summed E-state index contributed by atoms with van der Waals surface area (Å²) in [6.07, 6.45) is 3.63. The van der Waals surface area contributed by atoms with E-state index in [2.05, 4.69) is 49.7 Å². The van der Waals surface area contributed by atoms with Crippen molar-refractivity contribution in [3.8, 4) is 0 Å². The van der Waals surface area contributed by atoms with Crippen LogP contribution in [0.15, 0.2) is 0 Å². The predicted molar refractivity (Wildman–Crippen MR) is 70.0 cm³/mol. The molecule has 0 aliphatic carbocycles. The maximum absolute atomic E-state index is 4.53. The molecule has 16 heavy (non-hydrogen) atoms. The number of nitrogens with one attached hydrogen (secondary N) is 1. The summed E-state index contributed by atoms with van der Waals surface area (Å²) >= 11 is 0. The minimum Gasteiger partial charge on any atom is -0.379 e. The molecular formula is C13H25N3. The van der Waals surface area contributed by atoms with Crippen molar-refractivity contribution in [2.24, 2.45) is 0 Å². The first kappa shape index (κ1) is 13.1. The maximum atomic E-state index is 4.53. The van der Waals surface area contributed by atoms with E-state index in [-0.39, 0.29) is 0 Å². The summed E-state index contributed by atoms with van der Waals surface area (Å²) in [5.74, 6) is 0. The second-order valence-corrected chi connectivity index (χ2v) is 4.40. The van der Waals surface area contributed by atoms with E-state index in [4.69, 9.17) is 0 Å². The fourth-order valence-corrected chi connectivity index (χ4v) is 2.14. The normalized spacial score (nSPS) is 12.8. The first-order chi connectivity index (χ1) is 7.63. The number of aryl methyl sites for hydroxylation is 2. The lowest BCUT2D eigenvalue weighted by Crippen LogP contribution is -2.18. The van der Waals surface area contributed by atoms with E-state index in [1.54, 1.807) is 0 Å². The Labute approximate surface area is 99.2 Å². The number of rotatable bonds is 6. The van der Waals surface area contributed by atoms with Crippen LogP contribution in [0.25, 0.3) is 0 Å². The zero-order valence-corrected chi connectivity index (χ0v) is 11.3. The molecule has 1 N–H and O–H groups in total. The lowest BCUT2D eigenvalue weighted by Gasteiger charge is -2.17. The van der Waals surface area contributed by atoms with Crippen LogP contribution < -0.4 is 5.32 Å². The van der Waals surface area contributed by atoms with Crippen LogP contribution >= 0.6 is 0 Å². The molecule has 3 heteroatoms. The van der Waals surface area contributed by atoms with Gasteiger partial charge in [0.25, 0.3) is 0 Å². The average Bonchev–Trinajstić information content (AvgIpc) is 2.55. The molecule has 0 spiro atoms. The molecule has 0 bridgehead atoms. The van der Waals surface area contributed by atoms with E-state index in [0.29, 0.717) is 6.04 Å². The van der Waals surface area contributed by atoms with Gasteiger partial charge in [-0.25, -0.2) is 0 Å². The largest absolute Gasteiger partial charge is 0.379 e. The summed E-state index contributed by atoms with van der Waals surface area (Å²) in [7, 11) is 0. The van der Waals surface area contributed by atoms with E-state index < -0.39 is 0 Å². The molecule has 0 aromatic carbocycles. The third-order valence-electron chi connectivity index (χ3n) is 3.16. The van der Waals surface area contributed by atoms with Crippen molar-refractivity contribution in [3.63, 3.8) is 0 Å². The van der Waals surface area contributed by atoms with Gasteiger partial charge in [-0.05, 0) is 33.6 Å². The predicted octanol–water partition coefficient (Wildman–Crippen LogP) is 3.51. The molecule has 1 aromatic rings. The number of anilines is 1.